The van der Waals surface area contributed by atoms with Crippen LogP contribution in [0.4, 0.5) is 5.69 Å². The van der Waals surface area contributed by atoms with Crippen molar-refractivity contribution >= 4 is 29.0 Å². The van der Waals surface area contributed by atoms with Crippen LogP contribution in [0.15, 0.2) is 42.5 Å². The molecule has 3 aromatic rings. The number of hydrogen-bond acceptors (Lipinski definition) is 8. The highest BCUT2D eigenvalue weighted by Crippen LogP contribution is 2.30. The maximum Gasteiger partial charge on any atom is 0.269 e. The first kappa shape index (κ1) is 25.6. The molecule has 2 aromatic carbocycles. The Hall–Kier alpha value is -3.50. The van der Waals surface area contributed by atoms with Gasteiger partial charge in [0.2, 0.25) is 0 Å². The molecule has 1 heterocycles. The van der Waals surface area contributed by atoms with E-state index < -0.39 is 0 Å². The van der Waals surface area contributed by atoms with E-state index >= 15 is 0 Å². The third kappa shape index (κ3) is 5.66. The first-order valence-corrected chi connectivity index (χ1v) is 12.7. The number of methoxy groups -OCH3 is 2. The monoisotopic (exact) mass is 509 g/mol. The highest BCUT2D eigenvalue weighted by atomic mass is 32.1. The second kappa shape index (κ2) is 11.5. The van der Waals surface area contributed by atoms with Crippen molar-refractivity contribution in [1.82, 2.24) is 14.5 Å². The zero-order valence-electron chi connectivity index (χ0n) is 20.7. The van der Waals surface area contributed by atoms with Gasteiger partial charge < -0.3 is 25.4 Å². The van der Waals surface area contributed by atoms with E-state index in [0.29, 0.717) is 39.9 Å². The summed E-state index contributed by atoms with van der Waals surface area (Å²) in [6, 6.07) is 12.5. The van der Waals surface area contributed by atoms with Crippen LogP contribution in [0.5, 0.6) is 11.5 Å². The highest BCUT2D eigenvalue weighted by Gasteiger charge is 2.32. The minimum Gasteiger partial charge on any atom is -0.493 e. The lowest BCUT2D eigenvalue weighted by Crippen LogP contribution is -2.51. The number of nitrogens with one attached hydrogen (secondary N) is 1. The summed E-state index contributed by atoms with van der Waals surface area (Å²) in [7, 11) is 3.11. The van der Waals surface area contributed by atoms with E-state index in [2.05, 4.69) is 14.9 Å². The van der Waals surface area contributed by atoms with Crippen LogP contribution in [-0.4, -0.2) is 52.6 Å². The van der Waals surface area contributed by atoms with E-state index in [9.17, 15) is 9.59 Å². The predicted octanol–water partition coefficient (Wildman–Crippen LogP) is 4.03. The van der Waals surface area contributed by atoms with Gasteiger partial charge in [-0.1, -0.05) is 29.5 Å². The first-order chi connectivity index (χ1) is 17.4. The lowest BCUT2D eigenvalue weighted by atomic mass is 9.89. The summed E-state index contributed by atoms with van der Waals surface area (Å²) < 4.78 is 14.5. The lowest BCUT2D eigenvalue weighted by molar-refractivity contribution is 0.0583. The number of carbonyl (C=O) groups excluding carboxylic acids is 2. The Morgan fingerprint density at radius 3 is 2.44 bits per heavy atom. The van der Waals surface area contributed by atoms with E-state index in [1.807, 2.05) is 29.2 Å². The van der Waals surface area contributed by atoms with Gasteiger partial charge in [-0.2, -0.15) is 0 Å². The molecule has 1 fully saturated rings. The summed E-state index contributed by atoms with van der Waals surface area (Å²) in [6.45, 7) is 2.15. The molecule has 1 aliphatic rings. The van der Waals surface area contributed by atoms with Gasteiger partial charge in [0, 0.05) is 29.9 Å². The molecule has 2 atom stereocenters. The molecule has 2 unspecified atom stereocenters. The number of nitrogens with zero attached hydrogens (tertiary/aromatic N) is 3. The first-order valence-electron chi connectivity index (χ1n) is 11.9. The molecular weight excluding hydrogens is 478 g/mol. The normalized spacial score (nSPS) is 17.3. The number of nitrogens with two attached hydrogens (primary N) is 1. The molecule has 9 nitrogen and oxygen atoms in total. The lowest BCUT2D eigenvalue weighted by Gasteiger charge is -2.38. The minimum atomic E-state index is -0.242. The third-order valence-corrected chi connectivity index (χ3v) is 7.32. The Morgan fingerprint density at radius 2 is 1.81 bits per heavy atom. The van der Waals surface area contributed by atoms with Crippen LogP contribution in [0.1, 0.15) is 57.0 Å². The number of aromatic nitrogens is 2. The van der Waals surface area contributed by atoms with Crippen LogP contribution in [0, 0.1) is 6.92 Å². The molecule has 0 saturated heterocycles. The molecule has 1 aliphatic carbocycles. The summed E-state index contributed by atoms with van der Waals surface area (Å²) in [6.07, 6.45) is 3.85. The topological polar surface area (TPSA) is 120 Å². The zero-order chi connectivity index (χ0) is 25.7. The fourth-order valence-electron chi connectivity index (χ4n) is 4.52. The molecule has 0 bridgehead atoms. The van der Waals surface area contributed by atoms with Gasteiger partial charge >= 0.3 is 0 Å². The number of hydrogen-bond donors (Lipinski definition) is 2. The number of benzene rings is 2. The molecule has 36 heavy (non-hydrogen) atoms. The average molecular weight is 510 g/mol. The minimum absolute atomic E-state index is 0.0690. The van der Waals surface area contributed by atoms with Crippen molar-refractivity contribution in [2.75, 3.05) is 19.5 Å². The van der Waals surface area contributed by atoms with E-state index in [0.717, 1.165) is 42.8 Å². The molecule has 1 aromatic heterocycles. The second-order valence-corrected chi connectivity index (χ2v) is 9.61. The number of ether oxygens (including phenoxy) is 2. The van der Waals surface area contributed by atoms with E-state index in [4.69, 9.17) is 15.2 Å². The van der Waals surface area contributed by atoms with Gasteiger partial charge in [-0.05, 0) is 67.2 Å². The van der Waals surface area contributed by atoms with Gasteiger partial charge in [0.05, 0.1) is 19.9 Å². The largest absolute Gasteiger partial charge is 0.493 e. The maximum atomic E-state index is 13.7. The summed E-state index contributed by atoms with van der Waals surface area (Å²) >= 11 is 1.06. The van der Waals surface area contributed by atoms with Gasteiger partial charge in [0.25, 0.3) is 11.8 Å². The van der Waals surface area contributed by atoms with Crippen molar-refractivity contribution < 1.29 is 19.1 Å². The number of anilines is 1. The molecule has 3 N–H and O–H groups in total. The van der Waals surface area contributed by atoms with Gasteiger partial charge in [-0.3, -0.25) is 9.59 Å². The van der Waals surface area contributed by atoms with Crippen molar-refractivity contribution in [1.29, 1.82) is 0 Å². The van der Waals surface area contributed by atoms with Crippen LogP contribution >= 0.6 is 11.5 Å². The van der Waals surface area contributed by atoms with Gasteiger partial charge in [0.15, 0.2) is 11.5 Å². The summed E-state index contributed by atoms with van der Waals surface area (Å²) in [5.41, 5.74) is 9.21. The fourth-order valence-corrected chi connectivity index (χ4v) is 5.07. The van der Waals surface area contributed by atoms with E-state index in [-0.39, 0.29) is 23.9 Å². The molecule has 1 saturated carbocycles. The average Bonchev–Trinajstić information content (AvgIpc) is 3.34. The maximum absolute atomic E-state index is 13.7. The van der Waals surface area contributed by atoms with Crippen LogP contribution < -0.4 is 20.5 Å². The van der Waals surface area contributed by atoms with Crippen molar-refractivity contribution in [3.63, 3.8) is 0 Å². The molecule has 2 amide bonds. The third-order valence-electron chi connectivity index (χ3n) is 6.50. The van der Waals surface area contributed by atoms with Crippen LogP contribution in [0.2, 0.25) is 0 Å². The molecule has 0 aliphatic heterocycles. The SMILES string of the molecule is COc1ccc(C(=O)N(Cc2ccc(NC(=O)c3snnc3C)cc2)C2CCCCC2N)cc1OC. The molecular formula is C26H31N5O4S. The Kier molecular flexibility index (Phi) is 8.17. The van der Waals surface area contributed by atoms with Crippen molar-refractivity contribution in [2.45, 2.75) is 51.2 Å². The van der Waals surface area contributed by atoms with Crippen LogP contribution in [0.3, 0.4) is 0 Å². The summed E-state index contributed by atoms with van der Waals surface area (Å²) in [5, 5.41) is 6.76. The summed E-state index contributed by atoms with van der Waals surface area (Å²) in [5.74, 6) is 0.720. The molecule has 0 spiro atoms. The molecule has 0 radical (unpaired) electrons. The van der Waals surface area contributed by atoms with Crippen molar-refractivity contribution in [2.24, 2.45) is 5.73 Å². The van der Waals surface area contributed by atoms with Gasteiger partial charge in [-0.25, -0.2) is 0 Å². The zero-order valence-corrected chi connectivity index (χ0v) is 21.5. The Morgan fingerprint density at radius 1 is 1.08 bits per heavy atom. The number of rotatable bonds is 8. The van der Waals surface area contributed by atoms with Crippen molar-refractivity contribution in [3.8, 4) is 11.5 Å². The van der Waals surface area contributed by atoms with E-state index in [1.54, 1.807) is 39.3 Å². The number of carbonyl (C=O) groups is 2. The molecule has 190 valence electrons. The van der Waals surface area contributed by atoms with Crippen LogP contribution in [0.25, 0.3) is 0 Å². The van der Waals surface area contributed by atoms with E-state index in [1.165, 1.54) is 0 Å². The Bertz CT molecular complexity index is 1210. The smallest absolute Gasteiger partial charge is 0.269 e. The van der Waals surface area contributed by atoms with Gasteiger partial charge in [0.1, 0.15) is 4.88 Å². The van der Waals surface area contributed by atoms with Crippen LogP contribution in [-0.2, 0) is 6.54 Å². The Balaban J connectivity index is 1.55. The van der Waals surface area contributed by atoms with Gasteiger partial charge in [-0.15, -0.1) is 5.10 Å². The highest BCUT2D eigenvalue weighted by molar-refractivity contribution is 7.08. The fraction of sp³-hybridized carbons (Fsp3) is 0.385. The second-order valence-electron chi connectivity index (χ2n) is 8.86. The summed E-state index contributed by atoms with van der Waals surface area (Å²) in [4.78, 5) is 28.6. The molecule has 10 heteroatoms. The number of amides is 2. The quantitative estimate of drug-likeness (QED) is 0.470. The molecule has 4 rings (SSSR count). The standard InChI is InChI=1S/C26H31N5O4S/c1-16-24(36-30-29-16)25(32)28-19-11-8-17(9-12-19)15-31(21-7-5-4-6-20(21)27)26(33)18-10-13-22(34-2)23(14-18)35-3/h8-14,20-21H,4-7,15,27H2,1-3H3,(H,28,32). The predicted molar refractivity (Wildman–Crippen MR) is 139 cm³/mol. The number of aryl methyl sites for hydroxylation is 1. The Labute approximate surface area is 214 Å². The van der Waals surface area contributed by atoms with Crippen molar-refractivity contribution in [3.05, 3.63) is 64.2 Å².